The highest BCUT2D eigenvalue weighted by atomic mass is 15.5. The minimum absolute atomic E-state index is 0.885. The second-order valence-corrected chi connectivity index (χ2v) is 3.43. The molecule has 0 fully saturated rings. The monoisotopic (exact) mass is 182 g/mol. The van der Waals surface area contributed by atoms with Gasteiger partial charge in [0.25, 0.3) is 0 Å². The van der Waals surface area contributed by atoms with E-state index < -0.39 is 0 Å². The van der Waals surface area contributed by atoms with Crippen LogP contribution >= 0.6 is 0 Å². The van der Waals surface area contributed by atoms with Gasteiger partial charge < -0.3 is 0 Å². The normalized spacial score (nSPS) is 17.4. The first-order valence-corrected chi connectivity index (χ1v) is 4.72. The van der Waals surface area contributed by atoms with Crippen LogP contribution in [-0.4, -0.2) is 17.8 Å². The van der Waals surface area contributed by atoms with Gasteiger partial charge in [0.15, 0.2) is 0 Å². The maximum Gasteiger partial charge on any atom is 0.0601 e. The van der Waals surface area contributed by atoms with E-state index in [1.165, 1.54) is 16.8 Å². The zero-order valence-electron chi connectivity index (χ0n) is 7.72. The predicted molar refractivity (Wildman–Crippen MR) is 57.9 cm³/mol. The Kier molecular flexibility index (Phi) is 1.53. The number of benzene rings is 1. The van der Waals surface area contributed by atoms with Crippen molar-refractivity contribution in [2.45, 2.75) is 0 Å². The molecule has 1 aromatic rings. The zero-order valence-corrected chi connectivity index (χ0v) is 7.72. The Bertz CT molecular complexity index is 455. The predicted octanol–water partition coefficient (Wildman–Crippen LogP) is 2.25. The van der Waals surface area contributed by atoms with Gasteiger partial charge in [-0.3, -0.25) is 5.01 Å². The minimum Gasteiger partial charge on any atom is -0.262 e. The van der Waals surface area contributed by atoms with Gasteiger partial charge >= 0.3 is 0 Å². The third-order valence-corrected chi connectivity index (χ3v) is 2.50. The molecule has 14 heavy (non-hydrogen) atoms. The lowest BCUT2D eigenvalue weighted by Crippen LogP contribution is -2.09. The maximum atomic E-state index is 4.40. The number of fused-ring (bicyclic) bond motifs is 2. The van der Waals surface area contributed by atoms with Crippen LogP contribution in [0.15, 0.2) is 47.2 Å². The molecule has 3 rings (SSSR count). The summed E-state index contributed by atoms with van der Waals surface area (Å²) in [6, 6.07) is 8.29. The number of nitrogens with zero attached hydrogens (tertiary/aromatic N) is 2. The summed E-state index contributed by atoms with van der Waals surface area (Å²) in [7, 11) is 0. The lowest BCUT2D eigenvalue weighted by molar-refractivity contribution is 0.441. The van der Waals surface area contributed by atoms with E-state index >= 15 is 0 Å². The first-order chi connectivity index (χ1) is 6.93. The summed E-state index contributed by atoms with van der Waals surface area (Å²) >= 11 is 0. The van der Waals surface area contributed by atoms with E-state index in [4.69, 9.17) is 0 Å². The van der Waals surface area contributed by atoms with Gasteiger partial charge in [-0.1, -0.05) is 30.3 Å². The molecule has 0 saturated carbocycles. The van der Waals surface area contributed by atoms with Gasteiger partial charge in [-0.05, 0) is 17.7 Å². The fourth-order valence-corrected chi connectivity index (χ4v) is 1.75. The SMILES string of the molecule is C1=CC2=Cc3ccccc3C=NN2C1. The van der Waals surface area contributed by atoms with Crippen LogP contribution in [0.2, 0.25) is 0 Å². The first kappa shape index (κ1) is 7.56. The van der Waals surface area contributed by atoms with Crippen LogP contribution in [0.1, 0.15) is 11.1 Å². The van der Waals surface area contributed by atoms with Crippen molar-refractivity contribution in [3.8, 4) is 0 Å². The molecule has 0 spiro atoms. The van der Waals surface area contributed by atoms with Crippen LogP contribution in [0.5, 0.6) is 0 Å². The van der Waals surface area contributed by atoms with Crippen molar-refractivity contribution < 1.29 is 0 Å². The molecule has 2 nitrogen and oxygen atoms in total. The molecule has 0 amide bonds. The van der Waals surface area contributed by atoms with Crippen molar-refractivity contribution in [1.82, 2.24) is 5.01 Å². The Hall–Kier alpha value is -1.83. The van der Waals surface area contributed by atoms with Gasteiger partial charge in [0.1, 0.15) is 0 Å². The average Bonchev–Trinajstić information content (AvgIpc) is 2.58. The van der Waals surface area contributed by atoms with Crippen LogP contribution in [0.3, 0.4) is 0 Å². The van der Waals surface area contributed by atoms with Crippen LogP contribution in [0, 0.1) is 0 Å². The van der Waals surface area contributed by atoms with E-state index in [-0.39, 0.29) is 0 Å². The minimum atomic E-state index is 0.885. The summed E-state index contributed by atoms with van der Waals surface area (Å²) in [5, 5.41) is 6.40. The molecule has 2 aliphatic heterocycles. The molecule has 0 radical (unpaired) electrons. The summed E-state index contributed by atoms with van der Waals surface area (Å²) < 4.78 is 0. The maximum absolute atomic E-state index is 4.40. The molecular weight excluding hydrogens is 172 g/mol. The first-order valence-electron chi connectivity index (χ1n) is 4.72. The molecule has 0 saturated heterocycles. The Balaban J connectivity index is 2.19. The third-order valence-electron chi connectivity index (χ3n) is 2.50. The van der Waals surface area contributed by atoms with Gasteiger partial charge in [-0.2, -0.15) is 5.10 Å². The molecule has 0 bridgehead atoms. The van der Waals surface area contributed by atoms with E-state index in [0.717, 1.165) is 6.54 Å². The topological polar surface area (TPSA) is 15.6 Å². The van der Waals surface area contributed by atoms with Crippen LogP contribution in [-0.2, 0) is 0 Å². The third kappa shape index (κ3) is 1.08. The van der Waals surface area contributed by atoms with Crippen LogP contribution in [0.4, 0.5) is 0 Å². The quantitative estimate of drug-likeness (QED) is 0.600. The van der Waals surface area contributed by atoms with Gasteiger partial charge in [-0.15, -0.1) is 0 Å². The van der Waals surface area contributed by atoms with E-state index in [0.29, 0.717) is 0 Å². The highest BCUT2D eigenvalue weighted by Gasteiger charge is 2.12. The van der Waals surface area contributed by atoms with Gasteiger partial charge in [0.2, 0.25) is 0 Å². The van der Waals surface area contributed by atoms with Crippen molar-refractivity contribution in [3.05, 3.63) is 53.2 Å². The van der Waals surface area contributed by atoms with Crippen LogP contribution in [0.25, 0.3) is 6.08 Å². The molecule has 0 aliphatic carbocycles. The summed E-state index contributed by atoms with van der Waals surface area (Å²) in [6.45, 7) is 0.885. The van der Waals surface area contributed by atoms with E-state index in [9.17, 15) is 0 Å². The van der Waals surface area contributed by atoms with Crippen LogP contribution < -0.4 is 0 Å². The van der Waals surface area contributed by atoms with Crippen molar-refractivity contribution in [2.24, 2.45) is 5.10 Å². The van der Waals surface area contributed by atoms with Crippen molar-refractivity contribution >= 4 is 12.3 Å². The van der Waals surface area contributed by atoms with E-state index in [1.807, 2.05) is 17.3 Å². The van der Waals surface area contributed by atoms with E-state index in [1.54, 1.807) is 0 Å². The molecule has 0 N–H and O–H groups in total. The molecule has 2 aliphatic rings. The van der Waals surface area contributed by atoms with Crippen molar-refractivity contribution in [3.63, 3.8) is 0 Å². The Morgan fingerprint density at radius 2 is 2.00 bits per heavy atom. The summed E-state index contributed by atoms with van der Waals surface area (Å²) in [4.78, 5) is 0. The summed E-state index contributed by atoms with van der Waals surface area (Å²) in [5.41, 5.74) is 3.59. The summed E-state index contributed by atoms with van der Waals surface area (Å²) in [6.07, 6.45) is 8.33. The number of rotatable bonds is 0. The van der Waals surface area contributed by atoms with Crippen molar-refractivity contribution in [1.29, 1.82) is 0 Å². The lowest BCUT2D eigenvalue weighted by atomic mass is 10.1. The van der Waals surface area contributed by atoms with Gasteiger partial charge in [0, 0.05) is 5.56 Å². The summed E-state index contributed by atoms with van der Waals surface area (Å²) in [5.74, 6) is 0. The number of hydrogen-bond acceptors (Lipinski definition) is 2. The second kappa shape index (κ2) is 2.84. The molecular formula is C12H10N2. The molecule has 0 unspecified atom stereocenters. The highest BCUT2D eigenvalue weighted by molar-refractivity contribution is 5.87. The lowest BCUT2D eigenvalue weighted by Gasteiger charge is -2.10. The van der Waals surface area contributed by atoms with Gasteiger partial charge in [0.05, 0.1) is 18.5 Å². The van der Waals surface area contributed by atoms with Crippen molar-refractivity contribution in [2.75, 3.05) is 6.54 Å². The number of allylic oxidation sites excluding steroid dienone is 1. The number of hydrogen-bond donors (Lipinski definition) is 0. The Morgan fingerprint density at radius 3 is 2.93 bits per heavy atom. The van der Waals surface area contributed by atoms with E-state index in [2.05, 4.69) is 41.5 Å². The van der Waals surface area contributed by atoms with Gasteiger partial charge in [-0.25, -0.2) is 0 Å². The molecule has 68 valence electrons. The molecule has 2 heterocycles. The Morgan fingerprint density at radius 1 is 1.14 bits per heavy atom. The fourth-order valence-electron chi connectivity index (χ4n) is 1.75. The molecule has 0 atom stereocenters. The highest BCUT2D eigenvalue weighted by Crippen LogP contribution is 2.22. The second-order valence-electron chi connectivity index (χ2n) is 3.43. The smallest absolute Gasteiger partial charge is 0.0601 e. The number of hydrazone groups is 1. The molecule has 1 aromatic carbocycles. The zero-order chi connectivity index (χ0) is 9.38. The molecule has 0 aromatic heterocycles. The standard InChI is InChI=1S/C12H10N2/c1-2-5-11-9-13-14-7-3-6-12(14)8-10(11)4-1/h1-6,8-9H,7H2. The largest absolute Gasteiger partial charge is 0.262 e. The molecule has 2 heteroatoms. The average molecular weight is 182 g/mol. The fraction of sp³-hybridized carbons (Fsp3) is 0.0833. The Labute approximate surface area is 82.9 Å².